The predicted octanol–water partition coefficient (Wildman–Crippen LogP) is 6.28. The number of halogens is 2. The van der Waals surface area contributed by atoms with Gasteiger partial charge in [-0.2, -0.15) is 0 Å². The second-order valence-corrected chi connectivity index (χ2v) is 6.87. The number of rotatable bonds is 3. The van der Waals surface area contributed by atoms with E-state index in [1.54, 1.807) is 0 Å². The van der Waals surface area contributed by atoms with Crippen molar-refractivity contribution in [2.24, 2.45) is 0 Å². The third-order valence-electron chi connectivity index (χ3n) is 3.07. The summed E-state index contributed by atoms with van der Waals surface area (Å²) in [7, 11) is 0. The Hall–Kier alpha value is -0.990. The van der Waals surface area contributed by atoms with Crippen molar-refractivity contribution in [2.75, 3.05) is 0 Å². The molecule has 0 aromatic heterocycles. The topological polar surface area (TPSA) is 9.23 Å². The van der Waals surface area contributed by atoms with Crippen LogP contribution in [0.2, 0.25) is 0 Å². The average molecular weight is 354 g/mol. The minimum Gasteiger partial charge on any atom is -0.456 e. The van der Waals surface area contributed by atoms with Gasteiger partial charge in [0.1, 0.15) is 11.5 Å². The summed E-state index contributed by atoms with van der Waals surface area (Å²) < 4.78 is 6.99. The highest BCUT2D eigenvalue weighted by molar-refractivity contribution is 9.10. The minimum absolute atomic E-state index is 0.0408. The highest BCUT2D eigenvalue weighted by atomic mass is 79.9. The van der Waals surface area contributed by atoms with Crippen LogP contribution < -0.4 is 4.74 Å². The lowest BCUT2D eigenvalue weighted by Gasteiger charge is -2.22. The van der Waals surface area contributed by atoms with Gasteiger partial charge in [-0.15, -0.1) is 11.6 Å². The van der Waals surface area contributed by atoms with Crippen LogP contribution in [0.5, 0.6) is 11.5 Å². The van der Waals surface area contributed by atoms with Gasteiger partial charge in [-0.3, -0.25) is 0 Å². The van der Waals surface area contributed by atoms with Crippen molar-refractivity contribution >= 4 is 27.5 Å². The molecule has 3 heteroatoms. The Balaban J connectivity index is 2.36. The summed E-state index contributed by atoms with van der Waals surface area (Å²) in [6, 6.07) is 14.1. The predicted molar refractivity (Wildman–Crippen MR) is 88.9 cm³/mol. The zero-order chi connectivity index (χ0) is 14.8. The molecule has 20 heavy (non-hydrogen) atoms. The van der Waals surface area contributed by atoms with Crippen molar-refractivity contribution < 1.29 is 4.74 Å². The van der Waals surface area contributed by atoms with E-state index in [1.807, 2.05) is 36.4 Å². The van der Waals surface area contributed by atoms with Gasteiger partial charge in [-0.05, 0) is 45.1 Å². The first-order chi connectivity index (χ1) is 9.41. The molecule has 2 rings (SSSR count). The van der Waals surface area contributed by atoms with Gasteiger partial charge in [0, 0.05) is 11.4 Å². The van der Waals surface area contributed by atoms with E-state index in [0.717, 1.165) is 21.5 Å². The Morgan fingerprint density at radius 3 is 2.35 bits per heavy atom. The Labute approximate surface area is 134 Å². The van der Waals surface area contributed by atoms with Gasteiger partial charge in [0.2, 0.25) is 0 Å². The van der Waals surface area contributed by atoms with Crippen molar-refractivity contribution in [2.45, 2.75) is 32.1 Å². The minimum atomic E-state index is 0.0408. The normalized spacial score (nSPS) is 11.4. The zero-order valence-electron chi connectivity index (χ0n) is 11.9. The average Bonchev–Trinajstić information content (AvgIpc) is 2.40. The van der Waals surface area contributed by atoms with E-state index in [2.05, 4.69) is 42.8 Å². The van der Waals surface area contributed by atoms with Crippen LogP contribution >= 0.6 is 27.5 Å². The third-order valence-corrected chi connectivity index (χ3v) is 3.99. The Morgan fingerprint density at radius 2 is 1.75 bits per heavy atom. The maximum absolute atomic E-state index is 6.08. The smallest absolute Gasteiger partial charge is 0.141 e. The van der Waals surface area contributed by atoms with Crippen LogP contribution in [0.4, 0.5) is 0 Å². The molecule has 2 aromatic carbocycles. The van der Waals surface area contributed by atoms with Crippen molar-refractivity contribution in [1.29, 1.82) is 0 Å². The summed E-state index contributed by atoms with van der Waals surface area (Å²) in [4.78, 5) is 0. The SMILES string of the molecule is CC(C)(C)c1ccccc1Oc1ccc(CCl)cc1Br. The number of benzene rings is 2. The van der Waals surface area contributed by atoms with E-state index < -0.39 is 0 Å². The van der Waals surface area contributed by atoms with Gasteiger partial charge in [-0.1, -0.05) is 45.0 Å². The number of hydrogen-bond donors (Lipinski definition) is 0. The molecular formula is C17H18BrClO. The first-order valence-electron chi connectivity index (χ1n) is 6.53. The van der Waals surface area contributed by atoms with Crippen LogP contribution in [0.15, 0.2) is 46.9 Å². The summed E-state index contributed by atoms with van der Waals surface area (Å²) in [5.74, 6) is 2.19. The quantitative estimate of drug-likeness (QED) is 0.590. The molecule has 0 unspecified atom stereocenters. The number of alkyl halides is 1. The second-order valence-electron chi connectivity index (χ2n) is 5.75. The summed E-state index contributed by atoms with van der Waals surface area (Å²) >= 11 is 9.37. The molecule has 0 saturated heterocycles. The van der Waals surface area contributed by atoms with Gasteiger partial charge >= 0.3 is 0 Å². The molecule has 0 heterocycles. The van der Waals surface area contributed by atoms with Gasteiger partial charge in [0.05, 0.1) is 4.47 Å². The first-order valence-corrected chi connectivity index (χ1v) is 7.86. The monoisotopic (exact) mass is 352 g/mol. The van der Waals surface area contributed by atoms with Crippen LogP contribution in [0, 0.1) is 0 Å². The lowest BCUT2D eigenvalue weighted by molar-refractivity contribution is 0.453. The van der Waals surface area contributed by atoms with E-state index in [9.17, 15) is 0 Å². The van der Waals surface area contributed by atoms with Crippen LogP contribution in [0.25, 0.3) is 0 Å². The lowest BCUT2D eigenvalue weighted by Crippen LogP contribution is -2.12. The fourth-order valence-corrected chi connectivity index (χ4v) is 2.68. The number of para-hydroxylation sites is 1. The van der Waals surface area contributed by atoms with Gasteiger partial charge in [0.15, 0.2) is 0 Å². The molecule has 0 spiro atoms. The summed E-state index contributed by atoms with van der Waals surface area (Å²) in [6.07, 6.45) is 0. The lowest BCUT2D eigenvalue weighted by atomic mass is 9.86. The van der Waals surface area contributed by atoms with Gasteiger partial charge < -0.3 is 4.74 Å². The van der Waals surface area contributed by atoms with Gasteiger partial charge in [0.25, 0.3) is 0 Å². The van der Waals surface area contributed by atoms with Crippen molar-refractivity contribution in [3.05, 3.63) is 58.1 Å². The fourth-order valence-electron chi connectivity index (χ4n) is 2.00. The third kappa shape index (κ3) is 3.56. The van der Waals surface area contributed by atoms with E-state index in [1.165, 1.54) is 5.56 Å². The van der Waals surface area contributed by atoms with Crippen LogP contribution in [-0.4, -0.2) is 0 Å². The molecule has 2 aromatic rings. The fraction of sp³-hybridized carbons (Fsp3) is 0.294. The Kier molecular flexibility index (Phi) is 4.77. The Morgan fingerprint density at radius 1 is 1.05 bits per heavy atom. The highest BCUT2D eigenvalue weighted by Crippen LogP contribution is 2.36. The maximum atomic E-state index is 6.08. The molecule has 0 radical (unpaired) electrons. The molecule has 0 atom stereocenters. The Bertz CT molecular complexity index is 602. The zero-order valence-corrected chi connectivity index (χ0v) is 14.3. The maximum Gasteiger partial charge on any atom is 0.141 e. The molecule has 0 saturated carbocycles. The molecule has 0 N–H and O–H groups in total. The molecule has 0 amide bonds. The molecular weight excluding hydrogens is 336 g/mol. The van der Waals surface area contributed by atoms with E-state index in [-0.39, 0.29) is 5.41 Å². The van der Waals surface area contributed by atoms with E-state index in [4.69, 9.17) is 16.3 Å². The summed E-state index contributed by atoms with van der Waals surface area (Å²) in [5, 5.41) is 0. The van der Waals surface area contributed by atoms with Crippen molar-refractivity contribution in [1.82, 2.24) is 0 Å². The van der Waals surface area contributed by atoms with E-state index in [0.29, 0.717) is 5.88 Å². The van der Waals surface area contributed by atoms with Crippen LogP contribution in [-0.2, 0) is 11.3 Å². The molecule has 106 valence electrons. The molecule has 1 nitrogen and oxygen atoms in total. The molecule has 0 bridgehead atoms. The summed E-state index contributed by atoms with van der Waals surface area (Å²) in [6.45, 7) is 6.54. The van der Waals surface area contributed by atoms with Gasteiger partial charge in [-0.25, -0.2) is 0 Å². The molecule has 0 fully saturated rings. The second kappa shape index (κ2) is 6.19. The standard InChI is InChI=1S/C17H18BrClO/c1-17(2,3)13-6-4-5-7-15(13)20-16-9-8-12(11-19)10-14(16)18/h4-10H,11H2,1-3H3. The summed E-state index contributed by atoms with van der Waals surface area (Å²) in [5.41, 5.74) is 2.29. The number of ether oxygens (including phenoxy) is 1. The van der Waals surface area contributed by atoms with Crippen molar-refractivity contribution in [3.8, 4) is 11.5 Å². The molecule has 0 aliphatic rings. The number of hydrogen-bond acceptors (Lipinski definition) is 1. The largest absolute Gasteiger partial charge is 0.456 e. The molecule has 0 aliphatic carbocycles. The van der Waals surface area contributed by atoms with E-state index >= 15 is 0 Å². The molecule has 0 aliphatic heterocycles. The van der Waals surface area contributed by atoms with Crippen LogP contribution in [0.1, 0.15) is 31.9 Å². The van der Waals surface area contributed by atoms with Crippen molar-refractivity contribution in [3.63, 3.8) is 0 Å². The first kappa shape index (κ1) is 15.4. The van der Waals surface area contributed by atoms with Crippen LogP contribution in [0.3, 0.4) is 0 Å². The highest BCUT2D eigenvalue weighted by Gasteiger charge is 2.19.